The molecule has 2 rings (SSSR count). The van der Waals surface area contributed by atoms with E-state index >= 15 is 0 Å². The molecule has 0 fully saturated rings. The van der Waals surface area contributed by atoms with Gasteiger partial charge in [-0.1, -0.05) is 11.3 Å². The molecule has 0 saturated carbocycles. The first-order valence-electron chi connectivity index (χ1n) is 5.79. The number of nitriles is 3. The van der Waals surface area contributed by atoms with Gasteiger partial charge in [0, 0.05) is 14.1 Å². The van der Waals surface area contributed by atoms with Gasteiger partial charge in [-0.05, 0) is 12.1 Å². The highest BCUT2D eigenvalue weighted by Crippen LogP contribution is 2.33. The molecule has 0 atom stereocenters. The summed E-state index contributed by atoms with van der Waals surface area (Å²) in [6.07, 6.45) is 1.67. The Kier molecular flexibility index (Phi) is 4.04. The fraction of sp³-hybridized carbons (Fsp3) is 0.143. The zero-order chi connectivity index (χ0) is 15.4. The van der Waals surface area contributed by atoms with E-state index in [1.54, 1.807) is 30.5 Å². The number of allylic oxidation sites excluding steroid dienone is 2. The molecule has 21 heavy (non-hydrogen) atoms. The highest BCUT2D eigenvalue weighted by atomic mass is 32.1. The first kappa shape index (κ1) is 14.3. The Balaban J connectivity index is 2.43. The van der Waals surface area contributed by atoms with E-state index < -0.39 is 0 Å². The Bertz CT molecular complexity index is 807. The lowest BCUT2D eigenvalue weighted by Crippen LogP contribution is -2.07. The molecule has 0 bridgehead atoms. The zero-order valence-electron chi connectivity index (χ0n) is 11.3. The van der Waals surface area contributed by atoms with Crippen molar-refractivity contribution in [3.63, 3.8) is 0 Å². The summed E-state index contributed by atoms with van der Waals surface area (Å²) in [4.78, 5) is 6.92. The van der Waals surface area contributed by atoms with Crippen molar-refractivity contribution in [2.45, 2.75) is 0 Å². The van der Waals surface area contributed by atoms with Crippen LogP contribution in [0.3, 0.4) is 0 Å². The van der Waals surface area contributed by atoms with Crippen molar-refractivity contribution in [1.82, 2.24) is 4.98 Å². The second-order valence-electron chi connectivity index (χ2n) is 4.15. The van der Waals surface area contributed by atoms with E-state index in [4.69, 9.17) is 20.2 Å². The van der Waals surface area contributed by atoms with Crippen LogP contribution in [-0.2, 0) is 0 Å². The summed E-state index contributed by atoms with van der Waals surface area (Å²) in [6.45, 7) is 0. The van der Waals surface area contributed by atoms with Gasteiger partial charge < -0.3 is 9.32 Å². The maximum Gasteiger partial charge on any atom is 0.185 e. The lowest BCUT2D eigenvalue weighted by atomic mass is 10.1. The van der Waals surface area contributed by atoms with E-state index in [0.29, 0.717) is 5.76 Å². The molecule has 0 spiro atoms. The summed E-state index contributed by atoms with van der Waals surface area (Å²) in [6, 6.07) is 8.46. The maximum absolute atomic E-state index is 9.08. The second-order valence-corrected chi connectivity index (χ2v) is 5.16. The predicted octanol–water partition coefficient (Wildman–Crippen LogP) is 2.79. The van der Waals surface area contributed by atoms with Crippen molar-refractivity contribution in [3.8, 4) is 28.8 Å². The highest BCUT2D eigenvalue weighted by molar-refractivity contribution is 7.18. The van der Waals surface area contributed by atoms with E-state index in [0.717, 1.165) is 10.0 Å². The van der Waals surface area contributed by atoms with Crippen LogP contribution in [0.15, 0.2) is 28.3 Å². The quantitative estimate of drug-likeness (QED) is 0.807. The molecule has 2 heterocycles. The van der Waals surface area contributed by atoms with Crippen molar-refractivity contribution >= 4 is 22.0 Å². The number of hydrogen-bond acceptors (Lipinski definition) is 7. The third kappa shape index (κ3) is 2.76. The van der Waals surface area contributed by atoms with Crippen LogP contribution in [-0.4, -0.2) is 19.1 Å². The Hall–Kier alpha value is -3.08. The third-order valence-electron chi connectivity index (χ3n) is 2.56. The summed E-state index contributed by atoms with van der Waals surface area (Å²) >= 11 is 1.44. The molecule has 0 aromatic carbocycles. The summed E-state index contributed by atoms with van der Waals surface area (Å²) < 4.78 is 5.57. The number of nitrogens with zero attached hydrogens (tertiary/aromatic N) is 5. The van der Waals surface area contributed by atoms with Crippen molar-refractivity contribution < 1.29 is 4.42 Å². The number of rotatable bonds is 3. The molecule has 0 saturated heterocycles. The lowest BCUT2D eigenvalue weighted by Gasteiger charge is -2.04. The van der Waals surface area contributed by atoms with Crippen molar-refractivity contribution in [2.75, 3.05) is 19.0 Å². The van der Waals surface area contributed by atoms with Crippen LogP contribution in [0.1, 0.15) is 5.76 Å². The van der Waals surface area contributed by atoms with Gasteiger partial charge in [0.15, 0.2) is 10.7 Å². The van der Waals surface area contributed by atoms with Gasteiger partial charge in [0.25, 0.3) is 0 Å². The molecule has 0 aliphatic carbocycles. The van der Waals surface area contributed by atoms with Crippen LogP contribution < -0.4 is 4.90 Å². The Morgan fingerprint density at radius 2 is 1.90 bits per heavy atom. The summed E-state index contributed by atoms with van der Waals surface area (Å²) in [7, 11) is 3.78. The average Bonchev–Trinajstić information content (AvgIpc) is 3.12. The van der Waals surface area contributed by atoms with Crippen LogP contribution in [0.25, 0.3) is 16.2 Å². The van der Waals surface area contributed by atoms with Crippen molar-refractivity contribution in [3.05, 3.63) is 29.7 Å². The Labute approximate surface area is 125 Å². The second kappa shape index (κ2) is 5.92. The zero-order valence-corrected chi connectivity index (χ0v) is 12.1. The van der Waals surface area contributed by atoms with E-state index in [9.17, 15) is 0 Å². The van der Waals surface area contributed by atoms with Crippen LogP contribution >= 0.6 is 11.3 Å². The molecule has 2 aromatic heterocycles. The van der Waals surface area contributed by atoms with Crippen molar-refractivity contribution in [1.29, 1.82) is 15.8 Å². The number of thiazole rings is 1. The SMILES string of the molecule is CN(C)c1ncc(-c2ccc(C(C#N)=C(C#N)C#N)o2)s1. The highest BCUT2D eigenvalue weighted by Gasteiger charge is 2.15. The van der Waals surface area contributed by atoms with E-state index in [1.165, 1.54) is 11.3 Å². The minimum atomic E-state index is -0.267. The number of anilines is 1. The molecule has 6 nitrogen and oxygen atoms in total. The fourth-order valence-electron chi connectivity index (χ4n) is 1.56. The molecule has 2 aromatic rings. The fourth-order valence-corrected chi connectivity index (χ4v) is 2.36. The normalized spacial score (nSPS) is 9.29. The molecule has 102 valence electrons. The predicted molar refractivity (Wildman–Crippen MR) is 77.9 cm³/mol. The Morgan fingerprint density at radius 1 is 1.19 bits per heavy atom. The van der Waals surface area contributed by atoms with Gasteiger partial charge in [0.05, 0.1) is 11.1 Å². The third-order valence-corrected chi connectivity index (χ3v) is 3.74. The van der Waals surface area contributed by atoms with Crippen LogP contribution in [0.4, 0.5) is 5.13 Å². The minimum absolute atomic E-state index is 0.0661. The van der Waals surface area contributed by atoms with Gasteiger partial charge in [-0.3, -0.25) is 0 Å². The standard InChI is InChI=1S/C14H9N5OS/c1-19(2)14-18-8-13(21-14)12-4-3-11(20-12)10(7-17)9(5-15)6-16/h3-4,8H,1-2H3. The van der Waals surface area contributed by atoms with Crippen molar-refractivity contribution in [2.24, 2.45) is 0 Å². The molecule has 7 heteroatoms. The first-order valence-corrected chi connectivity index (χ1v) is 6.60. The molecular weight excluding hydrogens is 286 g/mol. The van der Waals surface area contributed by atoms with E-state index in [1.807, 2.05) is 25.1 Å². The van der Waals surface area contributed by atoms with Gasteiger partial charge in [0.2, 0.25) is 0 Å². The number of aromatic nitrogens is 1. The van der Waals surface area contributed by atoms with E-state index in [2.05, 4.69) is 4.98 Å². The van der Waals surface area contributed by atoms with Gasteiger partial charge in [-0.2, -0.15) is 15.8 Å². The largest absolute Gasteiger partial charge is 0.454 e. The maximum atomic E-state index is 9.08. The van der Waals surface area contributed by atoms with Crippen LogP contribution in [0.5, 0.6) is 0 Å². The average molecular weight is 295 g/mol. The molecule has 0 N–H and O–H groups in total. The molecule has 0 radical (unpaired) electrons. The smallest absolute Gasteiger partial charge is 0.185 e. The monoisotopic (exact) mass is 295 g/mol. The van der Waals surface area contributed by atoms with Crippen LogP contribution in [0, 0.1) is 34.0 Å². The summed E-state index contributed by atoms with van der Waals surface area (Å²) in [5.41, 5.74) is -0.333. The van der Waals surface area contributed by atoms with E-state index in [-0.39, 0.29) is 16.9 Å². The molecular formula is C14H9N5OS. The van der Waals surface area contributed by atoms with Gasteiger partial charge in [-0.25, -0.2) is 4.98 Å². The molecule has 0 aliphatic heterocycles. The van der Waals surface area contributed by atoms with Gasteiger partial charge in [0.1, 0.15) is 35.3 Å². The number of hydrogen-bond donors (Lipinski definition) is 0. The Morgan fingerprint density at radius 3 is 2.43 bits per heavy atom. The van der Waals surface area contributed by atoms with Crippen LogP contribution in [0.2, 0.25) is 0 Å². The topological polar surface area (TPSA) is 101 Å². The molecule has 0 aliphatic rings. The molecule has 0 unspecified atom stereocenters. The molecule has 0 amide bonds. The summed E-state index contributed by atoms with van der Waals surface area (Å²) in [5.74, 6) is 0.740. The number of furan rings is 1. The lowest BCUT2D eigenvalue weighted by molar-refractivity contribution is 0.570. The van der Waals surface area contributed by atoms with Gasteiger partial charge >= 0.3 is 0 Å². The van der Waals surface area contributed by atoms with Gasteiger partial charge in [-0.15, -0.1) is 0 Å². The summed E-state index contributed by atoms with van der Waals surface area (Å²) in [5, 5.41) is 27.6. The first-order chi connectivity index (χ1) is 10.1. The minimum Gasteiger partial charge on any atom is -0.454 e.